The molecule has 1 atom stereocenters. The zero-order valence-electron chi connectivity index (χ0n) is 6.05. The number of rotatable bonds is 3. The lowest BCUT2D eigenvalue weighted by Gasteiger charge is -1.96. The zero-order chi connectivity index (χ0) is 6.62. The molecule has 0 amide bonds. The van der Waals surface area contributed by atoms with Crippen molar-refractivity contribution in [3.05, 3.63) is 0 Å². The number of hydrogen-bond donors (Lipinski definition) is 2. The molecule has 0 saturated carbocycles. The molecule has 0 radical (unpaired) electrons. The van der Waals surface area contributed by atoms with Crippen molar-refractivity contribution in [3.8, 4) is 0 Å². The summed E-state index contributed by atoms with van der Waals surface area (Å²) in [6.45, 7) is 0.666. The summed E-state index contributed by atoms with van der Waals surface area (Å²) < 4.78 is 17.5. The van der Waals surface area contributed by atoms with Crippen LogP contribution in [0.1, 0.15) is 0 Å². The van der Waals surface area contributed by atoms with Crippen LogP contribution in [-0.4, -0.2) is 29.8 Å². The summed E-state index contributed by atoms with van der Waals surface area (Å²) in [7, 11) is -0.466. The van der Waals surface area contributed by atoms with E-state index < -0.39 is 9.73 Å². The van der Waals surface area contributed by atoms with E-state index in [1.807, 2.05) is 0 Å². The molecule has 3 nitrogen and oxygen atoms in total. The van der Waals surface area contributed by atoms with Crippen LogP contribution in [0.5, 0.6) is 0 Å². The van der Waals surface area contributed by atoms with Crippen LogP contribution in [0.25, 0.3) is 0 Å². The number of hydrogen-bond acceptors (Lipinski definition) is 3. The molecule has 0 bridgehead atoms. The van der Waals surface area contributed by atoms with Crippen LogP contribution in [0, 0.1) is 4.78 Å². The average molecular weight is 209 g/mol. The Balaban J connectivity index is -0.000000245. The Labute approximate surface area is 74.8 Å². The van der Waals surface area contributed by atoms with Crippen LogP contribution < -0.4 is 5.32 Å². The van der Waals surface area contributed by atoms with Gasteiger partial charge in [0, 0.05) is 28.3 Å². The Morgan fingerprint density at radius 3 is 2.00 bits per heavy atom. The van der Waals surface area contributed by atoms with Gasteiger partial charge in [0.1, 0.15) is 0 Å². The summed E-state index contributed by atoms with van der Waals surface area (Å²) in [6, 6.07) is 0. The Hall–Kier alpha value is 0.490. The molecule has 6 heteroatoms. The first kappa shape index (κ1) is 16.8. The van der Waals surface area contributed by atoms with Gasteiger partial charge in [-0.1, -0.05) is 0 Å². The molecule has 0 saturated heterocycles. The summed E-state index contributed by atoms with van der Waals surface area (Å²) in [5.41, 5.74) is 0. The lowest BCUT2D eigenvalue weighted by atomic mass is 10.8. The van der Waals surface area contributed by atoms with Gasteiger partial charge in [0.15, 0.2) is 0 Å². The highest BCUT2D eigenvalue weighted by Crippen LogP contribution is 1.79. The number of nitrogens with one attached hydrogen (secondary N) is 2. The van der Waals surface area contributed by atoms with Gasteiger partial charge in [0.05, 0.1) is 0 Å². The molecule has 0 heterocycles. The van der Waals surface area contributed by atoms with Crippen molar-refractivity contribution in [1.82, 2.24) is 5.32 Å². The normalized spacial score (nSPS) is 14.2. The first-order valence-electron chi connectivity index (χ1n) is 2.42. The van der Waals surface area contributed by atoms with Crippen LogP contribution in [0.15, 0.2) is 0 Å². The predicted octanol–water partition coefficient (Wildman–Crippen LogP) is 0.726. The smallest absolute Gasteiger partial charge is 0.0437 e. The van der Waals surface area contributed by atoms with Crippen molar-refractivity contribution >= 4 is 34.5 Å². The Kier molecular flexibility index (Phi) is 12.8. The third-order valence-electron chi connectivity index (χ3n) is 0.742. The van der Waals surface area contributed by atoms with E-state index in [0.29, 0.717) is 12.3 Å². The van der Waals surface area contributed by atoms with E-state index in [4.69, 9.17) is 4.78 Å². The second-order valence-corrected chi connectivity index (χ2v) is 4.23. The molecule has 1 unspecified atom stereocenters. The quantitative estimate of drug-likeness (QED) is 0.719. The Bertz CT molecular complexity index is 145. The molecule has 0 aromatic heterocycles. The SMILES string of the molecule is CNCCS(C)(=N)=O.Cl.Cl. The topological polar surface area (TPSA) is 53.0 Å². The molecule has 0 aliphatic rings. The average Bonchev–Trinajstić information content (AvgIpc) is 1.59. The highest BCUT2D eigenvalue weighted by Gasteiger charge is 1.92. The standard InChI is InChI=1S/C4H12N2OS.2ClH/c1-6-3-4-8(2,5)7;;/h5-6H,3-4H2,1-2H3;2*1H. The van der Waals surface area contributed by atoms with Crippen LogP contribution in [0.2, 0.25) is 0 Å². The van der Waals surface area contributed by atoms with E-state index in [1.165, 1.54) is 6.26 Å². The minimum absolute atomic E-state index is 0. The summed E-state index contributed by atoms with van der Waals surface area (Å²) in [6.07, 6.45) is 1.45. The molecule has 0 aromatic rings. The van der Waals surface area contributed by atoms with E-state index in [1.54, 1.807) is 7.05 Å². The van der Waals surface area contributed by atoms with Gasteiger partial charge in [-0.2, -0.15) is 0 Å². The first-order valence-corrected chi connectivity index (χ1v) is 4.56. The highest BCUT2D eigenvalue weighted by atomic mass is 35.5. The summed E-state index contributed by atoms with van der Waals surface area (Å²) >= 11 is 0. The maximum atomic E-state index is 10.6. The zero-order valence-corrected chi connectivity index (χ0v) is 8.50. The molecule has 0 aromatic carbocycles. The maximum Gasteiger partial charge on any atom is 0.0437 e. The first-order chi connectivity index (χ1) is 3.56. The van der Waals surface area contributed by atoms with Crippen LogP contribution in [-0.2, 0) is 9.73 Å². The molecular weight excluding hydrogens is 195 g/mol. The van der Waals surface area contributed by atoms with Crippen molar-refractivity contribution < 1.29 is 4.21 Å². The van der Waals surface area contributed by atoms with E-state index >= 15 is 0 Å². The Morgan fingerprint density at radius 1 is 1.50 bits per heavy atom. The van der Waals surface area contributed by atoms with Crippen molar-refractivity contribution in [2.75, 3.05) is 25.6 Å². The summed E-state index contributed by atoms with van der Waals surface area (Å²) in [4.78, 5) is 0. The molecule has 0 spiro atoms. The van der Waals surface area contributed by atoms with Crippen molar-refractivity contribution in [2.24, 2.45) is 0 Å². The van der Waals surface area contributed by atoms with Gasteiger partial charge in [-0.15, -0.1) is 24.8 Å². The van der Waals surface area contributed by atoms with E-state index in [2.05, 4.69) is 5.32 Å². The number of halogens is 2. The van der Waals surface area contributed by atoms with Gasteiger partial charge in [-0.3, -0.25) is 8.99 Å². The predicted molar refractivity (Wildman–Crippen MR) is 50.1 cm³/mol. The van der Waals surface area contributed by atoms with Gasteiger partial charge in [-0.25, -0.2) is 0 Å². The van der Waals surface area contributed by atoms with E-state index in [-0.39, 0.29) is 24.8 Å². The summed E-state index contributed by atoms with van der Waals surface area (Å²) in [5.74, 6) is 0.448. The van der Waals surface area contributed by atoms with Crippen LogP contribution in [0.4, 0.5) is 0 Å². The van der Waals surface area contributed by atoms with Gasteiger partial charge >= 0.3 is 0 Å². The fraction of sp³-hybridized carbons (Fsp3) is 1.00. The largest absolute Gasteiger partial charge is 0.319 e. The van der Waals surface area contributed by atoms with E-state index in [0.717, 1.165) is 0 Å². The van der Waals surface area contributed by atoms with Gasteiger partial charge in [0.2, 0.25) is 0 Å². The van der Waals surface area contributed by atoms with Gasteiger partial charge in [0.25, 0.3) is 0 Å². The molecular formula is C4H14Cl2N2OS. The van der Waals surface area contributed by atoms with Crippen LogP contribution >= 0.6 is 24.8 Å². The fourth-order valence-corrected chi connectivity index (χ4v) is 0.890. The Morgan fingerprint density at radius 2 is 1.90 bits per heavy atom. The maximum absolute atomic E-state index is 10.6. The van der Waals surface area contributed by atoms with Gasteiger partial charge < -0.3 is 5.32 Å². The molecule has 0 rings (SSSR count). The van der Waals surface area contributed by atoms with E-state index in [9.17, 15) is 4.21 Å². The monoisotopic (exact) mass is 208 g/mol. The second-order valence-electron chi connectivity index (χ2n) is 1.81. The molecule has 0 aliphatic heterocycles. The van der Waals surface area contributed by atoms with Crippen molar-refractivity contribution in [1.29, 1.82) is 4.78 Å². The molecule has 2 N–H and O–H groups in total. The fourth-order valence-electron chi connectivity index (χ4n) is 0.297. The summed E-state index contributed by atoms with van der Waals surface area (Å²) in [5, 5.41) is 2.83. The third-order valence-corrected chi connectivity index (χ3v) is 1.72. The minimum atomic E-state index is -2.25. The van der Waals surface area contributed by atoms with Crippen molar-refractivity contribution in [3.63, 3.8) is 0 Å². The lowest BCUT2D eigenvalue weighted by molar-refractivity contribution is 0.676. The molecule has 66 valence electrons. The van der Waals surface area contributed by atoms with Gasteiger partial charge in [-0.05, 0) is 7.05 Å². The van der Waals surface area contributed by atoms with Crippen LogP contribution in [0.3, 0.4) is 0 Å². The third kappa shape index (κ3) is 15.8. The van der Waals surface area contributed by atoms with Crippen molar-refractivity contribution in [2.45, 2.75) is 0 Å². The molecule has 0 fully saturated rings. The second kappa shape index (κ2) is 7.60. The minimum Gasteiger partial charge on any atom is -0.319 e. The lowest BCUT2D eigenvalue weighted by Crippen LogP contribution is -2.17. The molecule has 0 aliphatic carbocycles. The highest BCUT2D eigenvalue weighted by molar-refractivity contribution is 7.91. The molecule has 10 heavy (non-hydrogen) atoms.